The first kappa shape index (κ1) is 11.6. The van der Waals surface area contributed by atoms with Crippen LogP contribution in [0, 0.1) is 0 Å². The van der Waals surface area contributed by atoms with E-state index in [0.29, 0.717) is 0 Å². The number of rotatable bonds is 3. The first-order valence-corrected chi connectivity index (χ1v) is 6.19. The minimum Gasteiger partial charge on any atom is -0.501 e. The highest BCUT2D eigenvalue weighted by Crippen LogP contribution is 2.28. The SMILES string of the molecule is CNC(C1=COCCC1)c1cncc(Br)c1. The molecule has 0 saturated heterocycles. The Kier molecular flexibility index (Phi) is 3.96. The Balaban J connectivity index is 2.25. The number of hydrogen-bond donors (Lipinski definition) is 1. The molecule has 2 rings (SSSR count). The molecule has 4 heteroatoms. The van der Waals surface area contributed by atoms with Crippen LogP contribution in [0.15, 0.2) is 34.8 Å². The quantitative estimate of drug-likeness (QED) is 0.926. The molecule has 0 aliphatic carbocycles. The molecule has 0 spiro atoms. The molecule has 0 saturated carbocycles. The van der Waals surface area contributed by atoms with Gasteiger partial charge in [-0.15, -0.1) is 0 Å². The van der Waals surface area contributed by atoms with Crippen LogP contribution < -0.4 is 5.32 Å². The third-order valence-electron chi connectivity index (χ3n) is 2.68. The van der Waals surface area contributed by atoms with Crippen molar-refractivity contribution in [2.24, 2.45) is 0 Å². The van der Waals surface area contributed by atoms with Crippen molar-refractivity contribution in [3.63, 3.8) is 0 Å². The van der Waals surface area contributed by atoms with Crippen molar-refractivity contribution in [2.45, 2.75) is 18.9 Å². The van der Waals surface area contributed by atoms with E-state index < -0.39 is 0 Å². The van der Waals surface area contributed by atoms with Crippen molar-refractivity contribution in [3.8, 4) is 0 Å². The van der Waals surface area contributed by atoms with E-state index in [0.717, 1.165) is 29.5 Å². The van der Waals surface area contributed by atoms with Crippen molar-refractivity contribution in [1.82, 2.24) is 10.3 Å². The Morgan fingerprint density at radius 2 is 2.38 bits per heavy atom. The zero-order valence-corrected chi connectivity index (χ0v) is 10.8. The zero-order valence-electron chi connectivity index (χ0n) is 9.24. The Labute approximate surface area is 104 Å². The molecule has 1 aliphatic heterocycles. The van der Waals surface area contributed by atoms with E-state index in [1.54, 1.807) is 6.20 Å². The van der Waals surface area contributed by atoms with Gasteiger partial charge in [0.2, 0.25) is 0 Å². The van der Waals surface area contributed by atoms with Gasteiger partial charge >= 0.3 is 0 Å². The molecule has 16 heavy (non-hydrogen) atoms. The topological polar surface area (TPSA) is 34.1 Å². The summed E-state index contributed by atoms with van der Waals surface area (Å²) in [6.07, 6.45) is 7.73. The van der Waals surface area contributed by atoms with Gasteiger partial charge < -0.3 is 10.1 Å². The van der Waals surface area contributed by atoms with E-state index in [2.05, 4.69) is 32.3 Å². The van der Waals surface area contributed by atoms with Gasteiger partial charge in [0.1, 0.15) is 0 Å². The van der Waals surface area contributed by atoms with Crippen LogP contribution in [0.25, 0.3) is 0 Å². The largest absolute Gasteiger partial charge is 0.501 e. The van der Waals surface area contributed by atoms with Crippen molar-refractivity contribution >= 4 is 15.9 Å². The minimum absolute atomic E-state index is 0.199. The summed E-state index contributed by atoms with van der Waals surface area (Å²) >= 11 is 3.44. The lowest BCUT2D eigenvalue weighted by Crippen LogP contribution is -2.21. The molecule has 0 radical (unpaired) electrons. The molecule has 3 nitrogen and oxygen atoms in total. The Morgan fingerprint density at radius 1 is 1.50 bits per heavy atom. The van der Waals surface area contributed by atoms with Gasteiger partial charge in [0, 0.05) is 16.9 Å². The van der Waals surface area contributed by atoms with Gasteiger partial charge in [0.25, 0.3) is 0 Å². The lowest BCUT2D eigenvalue weighted by Gasteiger charge is -2.23. The second-order valence-corrected chi connectivity index (χ2v) is 4.74. The fourth-order valence-electron chi connectivity index (χ4n) is 1.95. The summed E-state index contributed by atoms with van der Waals surface area (Å²) in [7, 11) is 1.96. The number of halogens is 1. The molecule has 1 aromatic rings. The average Bonchev–Trinajstić information content (AvgIpc) is 2.31. The van der Waals surface area contributed by atoms with Crippen LogP contribution in [0.2, 0.25) is 0 Å². The van der Waals surface area contributed by atoms with Gasteiger partial charge in [-0.25, -0.2) is 0 Å². The molecule has 1 unspecified atom stereocenters. The molecule has 2 heterocycles. The normalized spacial score (nSPS) is 17.5. The smallest absolute Gasteiger partial charge is 0.0876 e. The first-order chi connectivity index (χ1) is 7.81. The van der Waals surface area contributed by atoms with Crippen LogP contribution in [0.5, 0.6) is 0 Å². The second kappa shape index (κ2) is 5.46. The summed E-state index contributed by atoms with van der Waals surface area (Å²) in [6.45, 7) is 0.830. The second-order valence-electron chi connectivity index (χ2n) is 3.83. The van der Waals surface area contributed by atoms with E-state index in [1.807, 2.05) is 19.5 Å². The van der Waals surface area contributed by atoms with E-state index >= 15 is 0 Å². The number of likely N-dealkylation sites (N-methyl/N-ethyl adjacent to an activating group) is 1. The molecule has 86 valence electrons. The third kappa shape index (κ3) is 2.62. The highest BCUT2D eigenvalue weighted by molar-refractivity contribution is 9.10. The monoisotopic (exact) mass is 282 g/mol. The summed E-state index contributed by atoms with van der Waals surface area (Å²) < 4.78 is 6.38. The van der Waals surface area contributed by atoms with E-state index in [4.69, 9.17) is 4.74 Å². The molecule has 1 aromatic heterocycles. The molecule has 1 aliphatic rings. The van der Waals surface area contributed by atoms with Crippen molar-refractivity contribution in [2.75, 3.05) is 13.7 Å². The number of hydrogen-bond acceptors (Lipinski definition) is 3. The van der Waals surface area contributed by atoms with Gasteiger partial charge in [0.15, 0.2) is 0 Å². The lowest BCUT2D eigenvalue weighted by atomic mass is 9.97. The third-order valence-corrected chi connectivity index (χ3v) is 3.11. The number of aromatic nitrogens is 1. The van der Waals surface area contributed by atoms with Gasteiger partial charge in [-0.2, -0.15) is 0 Å². The number of nitrogens with zero attached hydrogens (tertiary/aromatic N) is 1. The summed E-state index contributed by atoms with van der Waals surface area (Å²) in [5.74, 6) is 0. The number of pyridine rings is 1. The number of nitrogens with one attached hydrogen (secondary N) is 1. The summed E-state index contributed by atoms with van der Waals surface area (Å²) in [5, 5.41) is 3.31. The fourth-order valence-corrected chi connectivity index (χ4v) is 2.33. The standard InChI is InChI=1S/C12H15BrN2O/c1-14-12(9-3-2-4-16-8-9)10-5-11(13)7-15-6-10/h5-8,12,14H,2-4H2,1H3. The molecule has 0 bridgehead atoms. The average molecular weight is 283 g/mol. The van der Waals surface area contributed by atoms with Crippen LogP contribution >= 0.6 is 15.9 Å². The maximum Gasteiger partial charge on any atom is 0.0876 e. The molecule has 1 atom stereocenters. The molecular weight excluding hydrogens is 268 g/mol. The summed E-state index contributed by atoms with van der Waals surface area (Å²) in [6, 6.07) is 2.29. The van der Waals surface area contributed by atoms with Crippen molar-refractivity contribution in [1.29, 1.82) is 0 Å². The van der Waals surface area contributed by atoms with E-state index in [9.17, 15) is 0 Å². The van der Waals surface area contributed by atoms with Gasteiger partial charge in [-0.05, 0) is 53.0 Å². The van der Waals surface area contributed by atoms with Crippen LogP contribution in [-0.4, -0.2) is 18.6 Å². The van der Waals surface area contributed by atoms with Crippen molar-refractivity contribution < 1.29 is 4.74 Å². The number of ether oxygens (including phenoxy) is 1. The first-order valence-electron chi connectivity index (χ1n) is 5.39. The summed E-state index contributed by atoms with van der Waals surface area (Å²) in [4.78, 5) is 4.19. The minimum atomic E-state index is 0.199. The molecule has 0 amide bonds. The molecule has 0 aromatic carbocycles. The zero-order chi connectivity index (χ0) is 11.4. The van der Waals surface area contributed by atoms with E-state index in [1.165, 1.54) is 5.57 Å². The van der Waals surface area contributed by atoms with E-state index in [-0.39, 0.29) is 6.04 Å². The Morgan fingerprint density at radius 3 is 3.00 bits per heavy atom. The van der Waals surface area contributed by atoms with Gasteiger partial charge in [0.05, 0.1) is 18.9 Å². The predicted octanol–water partition coefficient (Wildman–Crippen LogP) is 2.80. The fraction of sp³-hybridized carbons (Fsp3) is 0.417. The predicted molar refractivity (Wildman–Crippen MR) is 67.0 cm³/mol. The maximum atomic E-state index is 5.38. The molecule has 0 fully saturated rings. The van der Waals surface area contributed by atoms with Crippen LogP contribution in [0.3, 0.4) is 0 Å². The highest BCUT2D eigenvalue weighted by Gasteiger charge is 2.17. The Bertz CT molecular complexity index is 392. The van der Waals surface area contributed by atoms with Crippen LogP contribution in [0.1, 0.15) is 24.4 Å². The summed E-state index contributed by atoms with van der Waals surface area (Å²) in [5.41, 5.74) is 2.45. The highest BCUT2D eigenvalue weighted by atomic mass is 79.9. The van der Waals surface area contributed by atoms with Gasteiger partial charge in [-0.3, -0.25) is 4.98 Å². The van der Waals surface area contributed by atoms with Crippen molar-refractivity contribution in [3.05, 3.63) is 40.3 Å². The molecule has 1 N–H and O–H groups in total. The van der Waals surface area contributed by atoms with Crippen LogP contribution in [-0.2, 0) is 4.74 Å². The molecular formula is C12H15BrN2O. The van der Waals surface area contributed by atoms with Gasteiger partial charge in [-0.1, -0.05) is 0 Å². The lowest BCUT2D eigenvalue weighted by molar-refractivity contribution is 0.220. The Hall–Kier alpha value is -0.870. The maximum absolute atomic E-state index is 5.38. The van der Waals surface area contributed by atoms with Crippen LogP contribution in [0.4, 0.5) is 0 Å².